The Labute approximate surface area is 132 Å². The third-order valence-corrected chi connectivity index (χ3v) is 4.60. The van der Waals surface area contributed by atoms with Crippen LogP contribution in [0.5, 0.6) is 0 Å². The molecule has 8 nitrogen and oxygen atoms in total. The van der Waals surface area contributed by atoms with Gasteiger partial charge in [-0.2, -0.15) is 31.6 Å². The number of rotatable bonds is 3. The topological polar surface area (TPSA) is 115 Å². The third kappa shape index (κ3) is 6.33. The molecule has 0 radical (unpaired) electrons. The van der Waals surface area contributed by atoms with E-state index in [1.165, 1.54) is 0 Å². The fourth-order valence-electron chi connectivity index (χ4n) is 0.891. The summed E-state index contributed by atoms with van der Waals surface area (Å²) >= 11 is 0. The van der Waals surface area contributed by atoms with E-state index >= 15 is 0 Å². The summed E-state index contributed by atoms with van der Waals surface area (Å²) in [7, 11) is -11.5. The molecule has 0 amide bonds. The molecule has 0 bridgehead atoms. The van der Waals surface area contributed by atoms with E-state index in [0.29, 0.717) is 6.54 Å². The molecule has 16 heteroatoms. The summed E-state index contributed by atoms with van der Waals surface area (Å²) in [6.07, 6.45) is 5.63. The van der Waals surface area contributed by atoms with Crippen LogP contribution in [0.25, 0.3) is 4.13 Å². The molecule has 0 atom stereocenters. The third-order valence-electron chi connectivity index (χ3n) is 1.86. The van der Waals surface area contributed by atoms with E-state index in [0.717, 1.165) is 4.13 Å². The SMILES string of the molecule is C[n+]1ccn(CC#N)c1.O=S(=O)([N-]S(=O)(=O)C(F)(F)F)C(F)(F)F. The summed E-state index contributed by atoms with van der Waals surface area (Å²) in [6.45, 7) is 0.431. The van der Waals surface area contributed by atoms with Gasteiger partial charge in [0, 0.05) is 0 Å². The average Bonchev–Trinajstić information content (AvgIpc) is 2.72. The van der Waals surface area contributed by atoms with E-state index in [4.69, 9.17) is 5.26 Å². The van der Waals surface area contributed by atoms with Crippen molar-refractivity contribution in [1.82, 2.24) is 4.57 Å². The highest BCUT2D eigenvalue weighted by molar-refractivity contribution is 8.13. The van der Waals surface area contributed by atoms with Crippen molar-refractivity contribution in [3.8, 4) is 6.07 Å². The minimum Gasteiger partial charge on any atom is -0.421 e. The predicted molar refractivity (Wildman–Crippen MR) is 64.5 cm³/mol. The Morgan fingerprint density at radius 3 is 1.75 bits per heavy atom. The monoisotopic (exact) mass is 402 g/mol. The molecule has 0 aromatic carbocycles. The van der Waals surface area contributed by atoms with Crippen molar-refractivity contribution >= 4 is 20.0 Å². The van der Waals surface area contributed by atoms with Crippen LogP contribution in [0.2, 0.25) is 0 Å². The van der Waals surface area contributed by atoms with Crippen molar-refractivity contribution in [1.29, 1.82) is 5.26 Å². The zero-order valence-corrected chi connectivity index (χ0v) is 13.1. The van der Waals surface area contributed by atoms with E-state index in [9.17, 15) is 43.2 Å². The zero-order chi connectivity index (χ0) is 19.4. The van der Waals surface area contributed by atoms with E-state index < -0.39 is 31.1 Å². The highest BCUT2D eigenvalue weighted by Gasteiger charge is 2.46. The fourth-order valence-corrected chi connectivity index (χ4v) is 2.60. The van der Waals surface area contributed by atoms with Gasteiger partial charge in [0.1, 0.15) is 18.5 Å². The molecule has 138 valence electrons. The quantitative estimate of drug-likeness (QED) is 0.550. The molecule has 0 N–H and O–H groups in total. The Balaban J connectivity index is 0.000000496. The van der Waals surface area contributed by atoms with Crippen LogP contribution < -0.4 is 4.57 Å². The molecule has 0 saturated heterocycles. The molecule has 0 saturated carbocycles. The zero-order valence-electron chi connectivity index (χ0n) is 11.4. The molecule has 0 aliphatic rings. The van der Waals surface area contributed by atoms with Crippen LogP contribution in [0.4, 0.5) is 26.3 Å². The summed E-state index contributed by atoms with van der Waals surface area (Å²) in [6, 6.07) is 2.05. The number of sulfonamides is 2. The van der Waals surface area contributed by atoms with Gasteiger partial charge in [-0.15, -0.1) is 0 Å². The molecular formula is C8H8F6N4O4S2. The maximum Gasteiger partial charge on any atom is 0.480 e. The number of halogens is 6. The van der Waals surface area contributed by atoms with Crippen LogP contribution >= 0.6 is 0 Å². The van der Waals surface area contributed by atoms with Gasteiger partial charge in [-0.3, -0.25) is 0 Å². The van der Waals surface area contributed by atoms with Gasteiger partial charge in [-0.05, 0) is 0 Å². The number of imidazole rings is 1. The van der Waals surface area contributed by atoms with Crippen LogP contribution in [-0.2, 0) is 33.6 Å². The number of aromatic nitrogens is 2. The van der Waals surface area contributed by atoms with Crippen molar-refractivity contribution in [3.63, 3.8) is 0 Å². The first-order valence-electron chi connectivity index (χ1n) is 5.28. The lowest BCUT2D eigenvalue weighted by molar-refractivity contribution is -0.671. The van der Waals surface area contributed by atoms with Crippen molar-refractivity contribution < 1.29 is 47.7 Å². The first kappa shape index (κ1) is 22.1. The van der Waals surface area contributed by atoms with Crippen LogP contribution in [0.1, 0.15) is 0 Å². The smallest absolute Gasteiger partial charge is 0.421 e. The Morgan fingerprint density at radius 2 is 1.50 bits per heavy atom. The maximum absolute atomic E-state index is 11.4. The number of hydrogen-bond acceptors (Lipinski definition) is 5. The van der Waals surface area contributed by atoms with Crippen LogP contribution in [0, 0.1) is 11.3 Å². The number of hydrogen-bond donors (Lipinski definition) is 0. The van der Waals surface area contributed by atoms with Gasteiger partial charge in [-0.25, -0.2) is 26.0 Å². The molecule has 1 aromatic rings. The Bertz CT molecular complexity index is 761. The maximum atomic E-state index is 11.4. The summed E-state index contributed by atoms with van der Waals surface area (Å²) in [4.78, 5) is 0. The van der Waals surface area contributed by atoms with Gasteiger partial charge in [0.05, 0.1) is 7.05 Å². The Kier molecular flexibility index (Phi) is 6.79. The molecule has 0 spiro atoms. The van der Waals surface area contributed by atoms with Gasteiger partial charge in [0.2, 0.25) is 6.33 Å². The number of nitrogens with zero attached hydrogens (tertiary/aromatic N) is 4. The normalized spacial score (nSPS) is 12.9. The highest BCUT2D eigenvalue weighted by atomic mass is 32.3. The highest BCUT2D eigenvalue weighted by Crippen LogP contribution is 2.36. The van der Waals surface area contributed by atoms with Crippen LogP contribution in [0.3, 0.4) is 0 Å². The van der Waals surface area contributed by atoms with Crippen molar-refractivity contribution in [3.05, 3.63) is 22.8 Å². The second-order valence-electron chi connectivity index (χ2n) is 3.83. The Morgan fingerprint density at radius 1 is 1.08 bits per heavy atom. The standard InChI is InChI=1S/C6H8N3.C2F6NO4S2/c1-8-4-5-9(6-8)3-2-7;3-1(4,5)14(10,11)9-15(12,13)2(6,7)8/h4-6H,3H2,1H3;/q+1;-1. The minimum absolute atomic E-state index is 0.431. The first-order valence-corrected chi connectivity index (χ1v) is 8.16. The molecule has 1 aromatic heterocycles. The second kappa shape index (κ2) is 7.36. The van der Waals surface area contributed by atoms with Crippen molar-refractivity contribution in [2.24, 2.45) is 7.05 Å². The van der Waals surface area contributed by atoms with Crippen molar-refractivity contribution in [2.45, 2.75) is 17.6 Å². The molecule has 0 aliphatic heterocycles. The summed E-state index contributed by atoms with van der Waals surface area (Å²) in [5.74, 6) is 0. The molecule has 1 rings (SSSR count). The number of alkyl halides is 6. The summed E-state index contributed by atoms with van der Waals surface area (Å²) < 4.78 is 113. The van der Waals surface area contributed by atoms with Crippen LogP contribution in [0.15, 0.2) is 18.7 Å². The van der Waals surface area contributed by atoms with Gasteiger partial charge < -0.3 is 4.13 Å². The van der Waals surface area contributed by atoms with Gasteiger partial charge >= 0.3 is 11.0 Å². The number of nitriles is 1. The Hall–Kier alpha value is -1.86. The number of aryl methyl sites for hydroxylation is 1. The summed E-state index contributed by atoms with van der Waals surface area (Å²) in [5, 5.41) is 8.25. The van der Waals surface area contributed by atoms with Crippen molar-refractivity contribution in [2.75, 3.05) is 0 Å². The van der Waals surface area contributed by atoms with E-state index in [1.807, 2.05) is 41.0 Å². The lowest BCUT2D eigenvalue weighted by atomic mass is 10.7. The first-order chi connectivity index (χ1) is 10.5. The fraction of sp³-hybridized carbons (Fsp3) is 0.500. The summed E-state index contributed by atoms with van der Waals surface area (Å²) in [5.41, 5.74) is -12.4. The largest absolute Gasteiger partial charge is 0.480 e. The van der Waals surface area contributed by atoms with E-state index in [2.05, 4.69) is 0 Å². The average molecular weight is 402 g/mol. The molecule has 0 unspecified atom stereocenters. The molecule has 0 fully saturated rings. The lowest BCUT2D eigenvalue weighted by Crippen LogP contribution is -2.30. The minimum atomic E-state index is -6.72. The molecule has 0 aliphatic carbocycles. The molecule has 24 heavy (non-hydrogen) atoms. The van der Waals surface area contributed by atoms with E-state index in [1.54, 1.807) is 0 Å². The lowest BCUT2D eigenvalue weighted by Gasteiger charge is -2.22. The predicted octanol–water partition coefficient (Wildman–Crippen LogP) is 0.895. The second-order valence-corrected chi connectivity index (χ2v) is 7.25. The van der Waals surface area contributed by atoms with E-state index in [-0.39, 0.29) is 0 Å². The van der Waals surface area contributed by atoms with Gasteiger partial charge in [0.15, 0.2) is 26.6 Å². The van der Waals surface area contributed by atoms with Crippen LogP contribution in [-0.4, -0.2) is 32.4 Å². The molecular weight excluding hydrogens is 394 g/mol. The van der Waals surface area contributed by atoms with Gasteiger partial charge in [-0.1, -0.05) is 0 Å². The van der Waals surface area contributed by atoms with Gasteiger partial charge in [0.25, 0.3) is 0 Å². The molecule has 1 heterocycles.